The van der Waals surface area contributed by atoms with E-state index in [2.05, 4.69) is 15.6 Å². The lowest BCUT2D eigenvalue weighted by Gasteiger charge is -2.08. The van der Waals surface area contributed by atoms with E-state index in [1.165, 1.54) is 12.3 Å². The van der Waals surface area contributed by atoms with E-state index >= 15 is 0 Å². The van der Waals surface area contributed by atoms with Crippen LogP contribution in [-0.4, -0.2) is 29.9 Å². The molecule has 0 unspecified atom stereocenters. The number of anilines is 1. The number of benzene rings is 1. The molecule has 0 atom stereocenters. The van der Waals surface area contributed by atoms with Crippen molar-refractivity contribution in [1.29, 1.82) is 0 Å². The molecule has 1 fully saturated rings. The highest BCUT2D eigenvalue weighted by Gasteiger charge is 2.24. The summed E-state index contributed by atoms with van der Waals surface area (Å²) in [7, 11) is 1.56. The van der Waals surface area contributed by atoms with Gasteiger partial charge in [-0.15, -0.1) is 0 Å². The minimum absolute atomic E-state index is 0.246. The van der Waals surface area contributed by atoms with Crippen LogP contribution in [0.5, 0.6) is 5.75 Å². The molecule has 0 aliphatic heterocycles. The lowest BCUT2D eigenvalue weighted by Crippen LogP contribution is -2.26. The normalized spacial score (nSPS) is 13.3. The van der Waals surface area contributed by atoms with Gasteiger partial charge in [-0.05, 0) is 37.1 Å². The van der Waals surface area contributed by atoms with Crippen LogP contribution in [-0.2, 0) is 0 Å². The van der Waals surface area contributed by atoms with E-state index in [1.807, 2.05) is 0 Å². The van der Waals surface area contributed by atoms with Gasteiger partial charge >= 0.3 is 0 Å². The van der Waals surface area contributed by atoms with E-state index in [4.69, 9.17) is 4.74 Å². The van der Waals surface area contributed by atoms with Gasteiger partial charge in [-0.3, -0.25) is 14.6 Å². The first kappa shape index (κ1) is 15.0. The molecule has 3 rings (SSSR count). The van der Waals surface area contributed by atoms with Gasteiger partial charge < -0.3 is 15.4 Å². The minimum atomic E-state index is -0.305. The first-order valence-electron chi connectivity index (χ1n) is 7.38. The summed E-state index contributed by atoms with van der Waals surface area (Å²) in [6.07, 6.45) is 3.46. The highest BCUT2D eigenvalue weighted by Crippen LogP contribution is 2.20. The summed E-state index contributed by atoms with van der Waals surface area (Å²) in [6, 6.07) is 10.4. The van der Waals surface area contributed by atoms with Crippen molar-refractivity contribution in [2.45, 2.75) is 18.9 Å². The summed E-state index contributed by atoms with van der Waals surface area (Å²) in [4.78, 5) is 28.3. The van der Waals surface area contributed by atoms with Crippen molar-refractivity contribution in [2.24, 2.45) is 0 Å². The number of nitrogens with one attached hydrogen (secondary N) is 2. The summed E-state index contributed by atoms with van der Waals surface area (Å²) in [5.41, 5.74) is 1.24. The number of amides is 2. The Labute approximate surface area is 133 Å². The van der Waals surface area contributed by atoms with Crippen LogP contribution in [0, 0.1) is 0 Å². The Hall–Kier alpha value is -2.89. The van der Waals surface area contributed by atoms with Crippen LogP contribution in [0.2, 0.25) is 0 Å². The van der Waals surface area contributed by atoms with Crippen LogP contribution < -0.4 is 15.4 Å². The minimum Gasteiger partial charge on any atom is -0.497 e. The Bertz CT molecular complexity index is 741. The fourth-order valence-corrected chi connectivity index (χ4v) is 2.09. The van der Waals surface area contributed by atoms with Gasteiger partial charge in [0.15, 0.2) is 0 Å². The zero-order chi connectivity index (χ0) is 16.2. The second-order valence-electron chi connectivity index (χ2n) is 5.36. The van der Waals surface area contributed by atoms with Gasteiger partial charge in [-0.2, -0.15) is 0 Å². The number of methoxy groups -OCH3 is 1. The molecular formula is C17H17N3O3. The Morgan fingerprint density at radius 1 is 1.17 bits per heavy atom. The second-order valence-corrected chi connectivity index (χ2v) is 5.36. The van der Waals surface area contributed by atoms with E-state index < -0.39 is 0 Å². The van der Waals surface area contributed by atoms with Crippen molar-refractivity contribution < 1.29 is 14.3 Å². The third kappa shape index (κ3) is 3.85. The third-order valence-electron chi connectivity index (χ3n) is 3.49. The predicted molar refractivity (Wildman–Crippen MR) is 85.7 cm³/mol. The van der Waals surface area contributed by atoms with E-state index in [0.717, 1.165) is 12.8 Å². The molecule has 23 heavy (non-hydrogen) atoms. The van der Waals surface area contributed by atoms with E-state index in [-0.39, 0.29) is 23.6 Å². The summed E-state index contributed by atoms with van der Waals surface area (Å²) in [6.45, 7) is 0. The Morgan fingerprint density at radius 2 is 2.00 bits per heavy atom. The summed E-state index contributed by atoms with van der Waals surface area (Å²) >= 11 is 0. The van der Waals surface area contributed by atoms with E-state index in [1.54, 1.807) is 37.4 Å². The van der Waals surface area contributed by atoms with E-state index in [9.17, 15) is 9.59 Å². The number of ether oxygens (including phenoxy) is 1. The van der Waals surface area contributed by atoms with Gasteiger partial charge in [-0.1, -0.05) is 6.07 Å². The number of carbonyl (C=O) groups is 2. The molecule has 6 nitrogen and oxygen atoms in total. The molecule has 2 aromatic rings. The maximum atomic E-state index is 12.3. The number of nitrogens with zero attached hydrogens (tertiary/aromatic N) is 1. The summed E-state index contributed by atoms with van der Waals surface area (Å²) in [5, 5.41) is 5.63. The first-order valence-corrected chi connectivity index (χ1v) is 7.38. The molecule has 118 valence electrons. The number of rotatable bonds is 5. The molecule has 1 aliphatic carbocycles. The molecule has 1 heterocycles. The van der Waals surface area contributed by atoms with Crippen LogP contribution in [0.25, 0.3) is 0 Å². The van der Waals surface area contributed by atoms with Crippen LogP contribution in [0.4, 0.5) is 5.69 Å². The molecule has 0 saturated heterocycles. The lowest BCUT2D eigenvalue weighted by molar-refractivity contribution is 0.0946. The van der Waals surface area contributed by atoms with Crippen molar-refractivity contribution in [3.05, 3.63) is 53.9 Å². The van der Waals surface area contributed by atoms with Crippen molar-refractivity contribution in [3.63, 3.8) is 0 Å². The lowest BCUT2D eigenvalue weighted by atomic mass is 10.2. The fourth-order valence-electron chi connectivity index (χ4n) is 2.09. The second kappa shape index (κ2) is 6.48. The van der Waals surface area contributed by atoms with Crippen LogP contribution in [0.15, 0.2) is 42.6 Å². The number of hydrogen-bond acceptors (Lipinski definition) is 4. The smallest absolute Gasteiger partial charge is 0.270 e. The molecular weight excluding hydrogens is 294 g/mol. The molecule has 0 radical (unpaired) electrons. The molecule has 1 saturated carbocycles. The average Bonchev–Trinajstić information content (AvgIpc) is 3.39. The van der Waals surface area contributed by atoms with Gasteiger partial charge in [0.25, 0.3) is 11.8 Å². The maximum Gasteiger partial charge on any atom is 0.270 e. The molecule has 6 heteroatoms. The van der Waals surface area contributed by atoms with Crippen LogP contribution in [0.3, 0.4) is 0 Å². The quantitative estimate of drug-likeness (QED) is 0.887. The predicted octanol–water partition coefficient (Wildman–Crippen LogP) is 2.23. The topological polar surface area (TPSA) is 80.3 Å². The zero-order valence-electron chi connectivity index (χ0n) is 12.7. The van der Waals surface area contributed by atoms with Crippen molar-refractivity contribution in [3.8, 4) is 5.75 Å². The largest absolute Gasteiger partial charge is 0.497 e. The van der Waals surface area contributed by atoms with E-state index in [0.29, 0.717) is 17.0 Å². The van der Waals surface area contributed by atoms with Gasteiger partial charge in [-0.25, -0.2) is 0 Å². The third-order valence-corrected chi connectivity index (χ3v) is 3.49. The molecule has 1 aromatic heterocycles. The Kier molecular flexibility index (Phi) is 4.23. The maximum absolute atomic E-state index is 12.3. The molecule has 0 spiro atoms. The van der Waals surface area contributed by atoms with Gasteiger partial charge in [0.05, 0.1) is 7.11 Å². The fraction of sp³-hybridized carbons (Fsp3) is 0.235. The highest BCUT2D eigenvalue weighted by molar-refractivity contribution is 6.05. The van der Waals surface area contributed by atoms with Crippen LogP contribution >= 0.6 is 0 Å². The molecule has 1 aromatic carbocycles. The molecule has 0 bridgehead atoms. The SMILES string of the molecule is COc1cccc(NC(=O)c2ccnc(C(=O)NC3CC3)c2)c1. The Balaban J connectivity index is 1.72. The molecule has 1 aliphatic rings. The first-order chi connectivity index (χ1) is 11.2. The number of carbonyl (C=O) groups excluding carboxylic acids is 2. The monoisotopic (exact) mass is 311 g/mol. The molecule has 2 amide bonds. The van der Waals surface area contributed by atoms with Gasteiger partial charge in [0, 0.05) is 29.6 Å². The van der Waals surface area contributed by atoms with Crippen molar-refractivity contribution >= 4 is 17.5 Å². The zero-order valence-corrected chi connectivity index (χ0v) is 12.7. The summed E-state index contributed by atoms with van der Waals surface area (Å²) in [5.74, 6) is 0.103. The van der Waals surface area contributed by atoms with Gasteiger partial charge in [0.1, 0.15) is 11.4 Å². The summed E-state index contributed by atoms with van der Waals surface area (Å²) < 4.78 is 5.12. The number of hydrogen-bond donors (Lipinski definition) is 2. The highest BCUT2D eigenvalue weighted by atomic mass is 16.5. The van der Waals surface area contributed by atoms with Crippen LogP contribution in [0.1, 0.15) is 33.7 Å². The average molecular weight is 311 g/mol. The molecule has 2 N–H and O–H groups in total. The van der Waals surface area contributed by atoms with Crippen molar-refractivity contribution in [2.75, 3.05) is 12.4 Å². The van der Waals surface area contributed by atoms with Crippen molar-refractivity contribution in [1.82, 2.24) is 10.3 Å². The van der Waals surface area contributed by atoms with Gasteiger partial charge in [0.2, 0.25) is 0 Å². The Morgan fingerprint density at radius 3 is 2.74 bits per heavy atom. The number of aromatic nitrogens is 1. The standard InChI is InChI=1S/C17H17N3O3/c1-23-14-4-2-3-13(10-14)20-16(21)11-7-8-18-15(9-11)17(22)19-12-5-6-12/h2-4,7-10,12H,5-6H2,1H3,(H,19,22)(H,20,21). The number of pyridine rings is 1.